The molecule has 1 aromatic heterocycles. The highest BCUT2D eigenvalue weighted by Gasteiger charge is 2.38. The average molecular weight is 719 g/mol. The Kier molecular flexibility index (Phi) is 13.8. The lowest BCUT2D eigenvalue weighted by Gasteiger charge is -2.33. The first kappa shape index (κ1) is 36.4. The smallest absolute Gasteiger partial charge is 0.252 e. The SMILES string of the molecule is COCCCc1cc(CN(C(=O)C2=C(c3ccc(OCCOc4c(Cl)cccc4Cl)cc3)CCN[C@@H]2COCOC)C2CC2)c(Cl)cn1. The minimum Gasteiger partial charge on any atom is -0.490 e. The van der Waals surface area contributed by atoms with Crippen molar-refractivity contribution < 1.29 is 28.5 Å². The van der Waals surface area contributed by atoms with Crippen molar-refractivity contribution in [1.82, 2.24) is 15.2 Å². The van der Waals surface area contributed by atoms with Gasteiger partial charge in [-0.2, -0.15) is 0 Å². The predicted molar refractivity (Wildman–Crippen MR) is 188 cm³/mol. The number of para-hydroxylation sites is 1. The number of carbonyl (C=O) groups is 1. The zero-order chi connectivity index (χ0) is 33.9. The maximum absolute atomic E-state index is 14.6. The monoisotopic (exact) mass is 717 g/mol. The van der Waals surface area contributed by atoms with Crippen LogP contribution < -0.4 is 14.8 Å². The molecule has 0 unspecified atom stereocenters. The van der Waals surface area contributed by atoms with E-state index in [1.807, 2.05) is 35.2 Å². The molecule has 3 aromatic rings. The van der Waals surface area contributed by atoms with Crippen molar-refractivity contribution >= 4 is 46.3 Å². The Bertz CT molecular complexity index is 1530. The highest BCUT2D eigenvalue weighted by atomic mass is 35.5. The zero-order valence-corrected chi connectivity index (χ0v) is 29.6. The van der Waals surface area contributed by atoms with E-state index in [0.29, 0.717) is 71.5 Å². The van der Waals surface area contributed by atoms with Crippen LogP contribution in [0.2, 0.25) is 15.1 Å². The topological polar surface area (TPSA) is 91.4 Å². The van der Waals surface area contributed by atoms with Gasteiger partial charge in [0.25, 0.3) is 5.91 Å². The molecule has 1 aliphatic heterocycles. The summed E-state index contributed by atoms with van der Waals surface area (Å²) in [6.45, 7) is 2.78. The number of halogens is 3. The fourth-order valence-electron chi connectivity index (χ4n) is 5.74. The Morgan fingerprint density at radius 1 is 0.958 bits per heavy atom. The molecule has 5 rings (SSSR count). The molecule has 1 saturated carbocycles. The molecule has 2 aromatic carbocycles. The number of hydrogen-bond donors (Lipinski definition) is 1. The molecule has 1 N–H and O–H groups in total. The summed E-state index contributed by atoms with van der Waals surface area (Å²) in [6, 6.07) is 14.9. The molecule has 2 aliphatic rings. The number of hydrogen-bond acceptors (Lipinski definition) is 8. The summed E-state index contributed by atoms with van der Waals surface area (Å²) >= 11 is 19.0. The van der Waals surface area contributed by atoms with Crippen molar-refractivity contribution in [1.29, 1.82) is 0 Å². The van der Waals surface area contributed by atoms with Gasteiger partial charge in [0.1, 0.15) is 25.8 Å². The van der Waals surface area contributed by atoms with Crippen LogP contribution in [0.1, 0.15) is 42.5 Å². The van der Waals surface area contributed by atoms with Gasteiger partial charge in [0.15, 0.2) is 5.75 Å². The van der Waals surface area contributed by atoms with Crippen molar-refractivity contribution in [3.8, 4) is 11.5 Å². The number of carbonyl (C=O) groups excluding carboxylic acids is 1. The fraction of sp³-hybridized carbons (Fsp3) is 0.444. The van der Waals surface area contributed by atoms with Crippen LogP contribution in [0, 0.1) is 0 Å². The van der Waals surface area contributed by atoms with Gasteiger partial charge >= 0.3 is 0 Å². The number of benzene rings is 2. The first-order chi connectivity index (χ1) is 23.4. The third kappa shape index (κ3) is 9.85. The Morgan fingerprint density at radius 2 is 1.71 bits per heavy atom. The molecule has 12 heteroatoms. The average Bonchev–Trinajstić information content (AvgIpc) is 3.93. The number of amides is 1. The van der Waals surface area contributed by atoms with Gasteiger partial charge in [0.05, 0.1) is 27.7 Å². The Morgan fingerprint density at radius 3 is 2.42 bits per heavy atom. The van der Waals surface area contributed by atoms with E-state index in [1.54, 1.807) is 38.6 Å². The number of pyridine rings is 1. The molecule has 0 saturated heterocycles. The molecule has 0 bridgehead atoms. The second-order valence-electron chi connectivity index (χ2n) is 11.7. The number of aromatic nitrogens is 1. The van der Waals surface area contributed by atoms with Crippen molar-refractivity contribution in [2.45, 2.75) is 50.7 Å². The van der Waals surface area contributed by atoms with Crippen molar-refractivity contribution in [3.63, 3.8) is 0 Å². The maximum Gasteiger partial charge on any atom is 0.252 e. The van der Waals surface area contributed by atoms with Crippen LogP contribution in [0.5, 0.6) is 11.5 Å². The molecular weight excluding hydrogens is 677 g/mol. The van der Waals surface area contributed by atoms with E-state index in [4.69, 9.17) is 58.5 Å². The van der Waals surface area contributed by atoms with E-state index in [2.05, 4.69) is 10.3 Å². The molecule has 0 spiro atoms. The van der Waals surface area contributed by atoms with Crippen molar-refractivity contribution in [3.05, 3.63) is 92.2 Å². The number of rotatable bonds is 18. The van der Waals surface area contributed by atoms with Crippen LogP contribution in [0.3, 0.4) is 0 Å². The molecule has 1 atom stereocenters. The van der Waals surface area contributed by atoms with Crippen molar-refractivity contribution in [2.24, 2.45) is 0 Å². The minimum atomic E-state index is -0.306. The van der Waals surface area contributed by atoms with Crippen LogP contribution in [0.25, 0.3) is 5.57 Å². The lowest BCUT2D eigenvalue weighted by molar-refractivity contribution is -0.129. The Balaban J connectivity index is 1.35. The van der Waals surface area contributed by atoms with Gasteiger partial charge in [-0.15, -0.1) is 0 Å². The van der Waals surface area contributed by atoms with Gasteiger partial charge in [-0.25, -0.2) is 0 Å². The number of nitrogens with one attached hydrogen (secondary N) is 1. The van der Waals surface area contributed by atoms with Gasteiger partial charge < -0.3 is 33.9 Å². The van der Waals surface area contributed by atoms with E-state index in [-0.39, 0.29) is 31.4 Å². The summed E-state index contributed by atoms with van der Waals surface area (Å²) in [7, 11) is 3.27. The summed E-state index contributed by atoms with van der Waals surface area (Å²) in [4.78, 5) is 21.1. The third-order valence-electron chi connectivity index (χ3n) is 8.24. The normalized spacial score (nSPS) is 16.2. The van der Waals surface area contributed by atoms with E-state index < -0.39 is 0 Å². The lowest BCUT2D eigenvalue weighted by atomic mass is 9.88. The van der Waals surface area contributed by atoms with E-state index >= 15 is 0 Å². The second-order valence-corrected chi connectivity index (χ2v) is 12.9. The number of ether oxygens (including phenoxy) is 5. The molecular formula is C36H42Cl3N3O6. The largest absolute Gasteiger partial charge is 0.490 e. The number of nitrogens with zero attached hydrogens (tertiary/aromatic N) is 2. The van der Waals surface area contributed by atoms with E-state index in [1.165, 1.54) is 0 Å². The highest BCUT2D eigenvalue weighted by molar-refractivity contribution is 6.37. The van der Waals surface area contributed by atoms with Gasteiger partial charge in [0, 0.05) is 50.9 Å². The molecule has 1 amide bonds. The number of methoxy groups -OCH3 is 2. The summed E-state index contributed by atoms with van der Waals surface area (Å²) in [5.74, 6) is 1.10. The standard InChI is InChI=1S/C36H42Cl3N3O6/c1-44-16-4-5-26-19-25(32(39)20-41-26)21-42(27-10-11-27)36(43)34-29(14-15-40-33(34)22-46-23-45-2)24-8-12-28(13-9-24)47-17-18-48-35-30(37)6-3-7-31(35)38/h3,6-9,12-13,19-20,27,33,40H,4-5,10-11,14-18,21-23H2,1-2H3/t33-/m1/s1. The van der Waals surface area contributed by atoms with Gasteiger partial charge in [-0.3, -0.25) is 9.78 Å². The third-order valence-corrected chi connectivity index (χ3v) is 9.17. The molecule has 0 radical (unpaired) electrons. The molecule has 258 valence electrons. The van der Waals surface area contributed by atoms with Crippen molar-refractivity contribution in [2.75, 3.05) is 54.0 Å². The van der Waals surface area contributed by atoms with Gasteiger partial charge in [-0.1, -0.05) is 53.0 Å². The predicted octanol–water partition coefficient (Wildman–Crippen LogP) is 7.01. The van der Waals surface area contributed by atoms with Gasteiger partial charge in [-0.05, 0) is 85.7 Å². The molecule has 2 heterocycles. The molecule has 9 nitrogen and oxygen atoms in total. The summed E-state index contributed by atoms with van der Waals surface area (Å²) in [6.07, 6.45) is 5.91. The van der Waals surface area contributed by atoms with E-state index in [0.717, 1.165) is 48.1 Å². The molecule has 48 heavy (non-hydrogen) atoms. The quantitative estimate of drug-likeness (QED) is 0.111. The minimum absolute atomic E-state index is 0.0183. The summed E-state index contributed by atoms with van der Waals surface area (Å²) in [5.41, 5.74) is 4.47. The first-order valence-corrected chi connectivity index (χ1v) is 17.3. The summed E-state index contributed by atoms with van der Waals surface area (Å²) in [5, 5.41) is 4.96. The van der Waals surface area contributed by atoms with Crippen LogP contribution in [-0.4, -0.2) is 81.9 Å². The first-order valence-electron chi connectivity index (χ1n) is 16.2. The fourth-order valence-corrected chi connectivity index (χ4v) is 6.41. The Labute approximate surface area is 297 Å². The zero-order valence-electron chi connectivity index (χ0n) is 27.3. The molecule has 1 fully saturated rings. The van der Waals surface area contributed by atoms with Crippen LogP contribution in [0.15, 0.2) is 60.3 Å². The highest BCUT2D eigenvalue weighted by Crippen LogP contribution is 2.36. The maximum atomic E-state index is 14.6. The second kappa shape index (κ2) is 18.2. The lowest BCUT2D eigenvalue weighted by Crippen LogP contribution is -2.47. The van der Waals surface area contributed by atoms with Gasteiger partial charge in [0.2, 0.25) is 0 Å². The van der Waals surface area contributed by atoms with Crippen LogP contribution in [0.4, 0.5) is 0 Å². The van der Waals surface area contributed by atoms with E-state index in [9.17, 15) is 4.79 Å². The van der Waals surface area contributed by atoms with Crippen LogP contribution in [-0.2, 0) is 32.0 Å². The van der Waals surface area contributed by atoms with Crippen LogP contribution >= 0.6 is 34.8 Å². The molecule has 1 aliphatic carbocycles. The summed E-state index contributed by atoms with van der Waals surface area (Å²) < 4.78 is 27.8. The number of aryl methyl sites for hydroxylation is 1. The Hall–Kier alpha value is -2.89.